The number of hydrogen-bond donors (Lipinski definition) is 2. The van der Waals surface area contributed by atoms with Crippen LogP contribution in [0.25, 0.3) is 0 Å². The molecule has 2 N–H and O–H groups in total. The molecular weight excluding hydrogens is 170 g/mol. The monoisotopic (exact) mass is 183 g/mol. The van der Waals surface area contributed by atoms with E-state index in [9.17, 15) is 4.79 Å². The standard InChI is InChI=1S/C8H13N3O2/c1-13-8(4-2-3-5-8)6-9-7(12)11-10-6/h2-5H2,1H3,(H2,9,10,11,12). The number of ether oxygens (including phenoxy) is 1. The molecule has 2 rings (SSSR count). The van der Waals surface area contributed by atoms with Gasteiger partial charge in [-0.3, -0.25) is 4.98 Å². The number of rotatable bonds is 2. The van der Waals surface area contributed by atoms with Crippen LogP contribution >= 0.6 is 0 Å². The fraction of sp³-hybridized carbons (Fsp3) is 0.750. The highest BCUT2D eigenvalue weighted by Crippen LogP contribution is 2.39. The molecule has 0 aliphatic heterocycles. The predicted octanol–water partition coefficient (Wildman–Crippen LogP) is 0.514. The highest BCUT2D eigenvalue weighted by Gasteiger charge is 2.38. The molecule has 0 saturated heterocycles. The van der Waals surface area contributed by atoms with E-state index >= 15 is 0 Å². The van der Waals surface area contributed by atoms with E-state index in [1.807, 2.05) is 0 Å². The minimum atomic E-state index is -0.348. The van der Waals surface area contributed by atoms with Gasteiger partial charge in [-0.15, -0.1) is 0 Å². The van der Waals surface area contributed by atoms with Crippen molar-refractivity contribution in [3.8, 4) is 0 Å². The number of nitrogens with one attached hydrogen (secondary N) is 2. The third-order valence-electron chi connectivity index (χ3n) is 2.73. The number of H-pyrrole nitrogens is 2. The topological polar surface area (TPSA) is 70.8 Å². The van der Waals surface area contributed by atoms with Crippen molar-refractivity contribution in [1.82, 2.24) is 15.2 Å². The molecule has 72 valence electrons. The summed E-state index contributed by atoms with van der Waals surface area (Å²) < 4.78 is 5.45. The summed E-state index contributed by atoms with van der Waals surface area (Å²) in [6, 6.07) is 0. The molecule has 0 spiro atoms. The summed E-state index contributed by atoms with van der Waals surface area (Å²) in [5, 5.41) is 6.29. The maximum Gasteiger partial charge on any atom is 0.340 e. The van der Waals surface area contributed by atoms with Gasteiger partial charge in [-0.25, -0.2) is 9.89 Å². The fourth-order valence-electron chi connectivity index (χ4n) is 1.97. The Bertz CT molecular complexity index is 335. The van der Waals surface area contributed by atoms with Crippen LogP contribution in [0.15, 0.2) is 4.79 Å². The number of aromatic nitrogens is 3. The second-order valence-corrected chi connectivity index (χ2v) is 3.43. The first-order valence-electron chi connectivity index (χ1n) is 4.47. The van der Waals surface area contributed by atoms with Gasteiger partial charge in [0.2, 0.25) is 0 Å². The normalized spacial score (nSPS) is 20.7. The number of hydrogen-bond acceptors (Lipinski definition) is 3. The molecule has 1 aliphatic rings. The first-order valence-corrected chi connectivity index (χ1v) is 4.47. The van der Waals surface area contributed by atoms with Crippen molar-refractivity contribution in [3.63, 3.8) is 0 Å². The van der Waals surface area contributed by atoms with E-state index in [-0.39, 0.29) is 11.3 Å². The zero-order valence-electron chi connectivity index (χ0n) is 7.59. The van der Waals surface area contributed by atoms with E-state index in [0.29, 0.717) is 5.82 Å². The lowest BCUT2D eigenvalue weighted by Gasteiger charge is -2.23. The highest BCUT2D eigenvalue weighted by atomic mass is 16.5. The van der Waals surface area contributed by atoms with Gasteiger partial charge in [0.1, 0.15) is 5.60 Å². The molecule has 13 heavy (non-hydrogen) atoms. The molecule has 1 heterocycles. The van der Waals surface area contributed by atoms with Crippen molar-refractivity contribution in [2.45, 2.75) is 31.3 Å². The lowest BCUT2D eigenvalue weighted by Crippen LogP contribution is -2.26. The Morgan fingerprint density at radius 3 is 2.62 bits per heavy atom. The molecule has 5 heteroatoms. The molecule has 0 amide bonds. The molecule has 1 aromatic rings. The van der Waals surface area contributed by atoms with Gasteiger partial charge in [0.05, 0.1) is 0 Å². The van der Waals surface area contributed by atoms with Crippen LogP contribution in [0, 0.1) is 0 Å². The molecule has 0 atom stereocenters. The summed E-state index contributed by atoms with van der Waals surface area (Å²) in [7, 11) is 1.66. The third kappa shape index (κ3) is 1.29. The van der Waals surface area contributed by atoms with E-state index in [4.69, 9.17) is 4.74 Å². The van der Waals surface area contributed by atoms with Gasteiger partial charge in [-0.05, 0) is 25.7 Å². The van der Waals surface area contributed by atoms with Crippen LogP contribution in [0.5, 0.6) is 0 Å². The molecule has 0 radical (unpaired) electrons. The van der Waals surface area contributed by atoms with E-state index in [1.165, 1.54) is 0 Å². The molecule has 1 saturated carbocycles. The fourth-order valence-corrected chi connectivity index (χ4v) is 1.97. The third-order valence-corrected chi connectivity index (χ3v) is 2.73. The smallest absolute Gasteiger partial charge is 0.340 e. The van der Waals surface area contributed by atoms with Crippen LogP contribution in [0.4, 0.5) is 0 Å². The summed E-state index contributed by atoms with van der Waals surface area (Å²) in [4.78, 5) is 13.5. The van der Waals surface area contributed by atoms with Gasteiger partial charge in [-0.2, -0.15) is 5.10 Å². The summed E-state index contributed by atoms with van der Waals surface area (Å²) >= 11 is 0. The maximum atomic E-state index is 10.9. The molecular formula is C8H13N3O2. The summed E-state index contributed by atoms with van der Waals surface area (Å²) in [5.41, 5.74) is -0.613. The van der Waals surface area contributed by atoms with Crippen molar-refractivity contribution in [2.75, 3.05) is 7.11 Å². The Morgan fingerprint density at radius 2 is 2.15 bits per heavy atom. The van der Waals surface area contributed by atoms with Crippen LogP contribution < -0.4 is 5.69 Å². The summed E-state index contributed by atoms with van der Waals surface area (Å²) in [6.07, 6.45) is 4.13. The average Bonchev–Trinajstić information content (AvgIpc) is 2.73. The molecule has 1 aliphatic carbocycles. The van der Waals surface area contributed by atoms with Crippen molar-refractivity contribution < 1.29 is 4.74 Å². The van der Waals surface area contributed by atoms with Crippen LogP contribution in [-0.4, -0.2) is 22.3 Å². The van der Waals surface area contributed by atoms with Crippen LogP contribution in [0.3, 0.4) is 0 Å². The first kappa shape index (κ1) is 8.50. The second-order valence-electron chi connectivity index (χ2n) is 3.43. The second kappa shape index (κ2) is 2.99. The maximum absolute atomic E-state index is 10.9. The van der Waals surface area contributed by atoms with Gasteiger partial charge in [-0.1, -0.05) is 0 Å². The molecule has 0 aromatic carbocycles. The van der Waals surface area contributed by atoms with Crippen molar-refractivity contribution in [1.29, 1.82) is 0 Å². The minimum Gasteiger partial charge on any atom is -0.370 e. The minimum absolute atomic E-state index is 0.265. The van der Waals surface area contributed by atoms with Gasteiger partial charge in [0.15, 0.2) is 5.82 Å². The first-order chi connectivity index (χ1) is 6.27. The van der Waals surface area contributed by atoms with Gasteiger partial charge in [0.25, 0.3) is 0 Å². The van der Waals surface area contributed by atoms with Crippen LogP contribution in [0.2, 0.25) is 0 Å². The van der Waals surface area contributed by atoms with Crippen molar-refractivity contribution in [2.24, 2.45) is 0 Å². The molecule has 1 aromatic heterocycles. The highest BCUT2D eigenvalue weighted by molar-refractivity contribution is 5.02. The Kier molecular flexibility index (Phi) is 1.95. The van der Waals surface area contributed by atoms with E-state index in [1.54, 1.807) is 7.11 Å². The van der Waals surface area contributed by atoms with E-state index < -0.39 is 0 Å². The molecule has 0 unspecified atom stereocenters. The Hall–Kier alpha value is -1.10. The number of nitrogens with zero attached hydrogens (tertiary/aromatic N) is 1. The SMILES string of the molecule is COC1(c2n[nH]c(=O)[nH]2)CCCC1. The lowest BCUT2D eigenvalue weighted by atomic mass is 10.0. The van der Waals surface area contributed by atoms with Crippen LogP contribution in [-0.2, 0) is 10.3 Å². The van der Waals surface area contributed by atoms with Crippen molar-refractivity contribution in [3.05, 3.63) is 16.3 Å². The average molecular weight is 183 g/mol. The van der Waals surface area contributed by atoms with Gasteiger partial charge >= 0.3 is 5.69 Å². The zero-order valence-corrected chi connectivity index (χ0v) is 7.59. The Labute approximate surface area is 75.5 Å². The lowest BCUT2D eigenvalue weighted by molar-refractivity contribution is -0.0160. The molecule has 1 fully saturated rings. The van der Waals surface area contributed by atoms with Crippen LogP contribution in [0.1, 0.15) is 31.5 Å². The van der Waals surface area contributed by atoms with Gasteiger partial charge < -0.3 is 4.74 Å². The quantitative estimate of drug-likeness (QED) is 0.702. The van der Waals surface area contributed by atoms with Gasteiger partial charge in [0, 0.05) is 7.11 Å². The number of aromatic amines is 2. The molecule has 5 nitrogen and oxygen atoms in total. The summed E-state index contributed by atoms with van der Waals surface area (Å²) in [5.74, 6) is 0.637. The zero-order chi connectivity index (χ0) is 9.31. The van der Waals surface area contributed by atoms with E-state index in [0.717, 1.165) is 25.7 Å². The number of methoxy groups -OCH3 is 1. The van der Waals surface area contributed by atoms with Crippen molar-refractivity contribution >= 4 is 0 Å². The largest absolute Gasteiger partial charge is 0.370 e. The Morgan fingerprint density at radius 1 is 1.46 bits per heavy atom. The predicted molar refractivity (Wildman–Crippen MR) is 46.4 cm³/mol. The summed E-state index contributed by atoms with van der Waals surface area (Å²) in [6.45, 7) is 0. The van der Waals surface area contributed by atoms with E-state index in [2.05, 4.69) is 15.2 Å². The molecule has 0 bridgehead atoms. The Balaban J connectivity index is 2.35.